The van der Waals surface area contributed by atoms with Gasteiger partial charge in [-0.2, -0.15) is 0 Å². The molecule has 3 aliphatic rings. The molecule has 1 aliphatic carbocycles. The first-order valence-corrected chi connectivity index (χ1v) is 9.38. The van der Waals surface area contributed by atoms with Gasteiger partial charge in [-0.1, -0.05) is 17.7 Å². The number of hydrogen-bond acceptors (Lipinski definition) is 2. The van der Waals surface area contributed by atoms with E-state index in [1.165, 1.54) is 25.3 Å². The molecule has 5 heteroatoms. The van der Waals surface area contributed by atoms with E-state index in [9.17, 15) is 9.18 Å². The number of likely N-dealkylation sites (tertiary alicyclic amines) is 2. The number of piperidine rings is 2. The molecule has 130 valence electrons. The summed E-state index contributed by atoms with van der Waals surface area (Å²) < 4.78 is 14.1. The number of benzene rings is 1. The molecule has 0 aromatic heterocycles. The summed E-state index contributed by atoms with van der Waals surface area (Å²) in [6, 6.07) is 5.44. The highest BCUT2D eigenvalue weighted by Gasteiger charge is 2.45. The number of halogens is 2. The number of rotatable bonds is 3. The van der Waals surface area contributed by atoms with E-state index < -0.39 is 0 Å². The molecule has 1 aromatic carbocycles. The standard InChI is InChI=1S/C19H24ClFN2O/c20-15-3-2-14(17(21)10-15)11-22-9-1-7-19(12-22)8-6-18(24)23(13-19)16-4-5-16/h2-3,10,16H,1,4-9,11-13H2/t19-/m1/s1. The van der Waals surface area contributed by atoms with E-state index in [-0.39, 0.29) is 11.2 Å². The van der Waals surface area contributed by atoms with Gasteiger partial charge in [-0.05, 0) is 50.8 Å². The molecule has 0 radical (unpaired) electrons. The van der Waals surface area contributed by atoms with Crippen molar-refractivity contribution in [2.45, 2.75) is 51.1 Å². The van der Waals surface area contributed by atoms with Crippen LogP contribution in [0.3, 0.4) is 0 Å². The molecule has 2 heterocycles. The van der Waals surface area contributed by atoms with Gasteiger partial charge in [-0.3, -0.25) is 9.69 Å². The first-order valence-electron chi connectivity index (χ1n) is 9.00. The molecule has 2 saturated heterocycles. The van der Waals surface area contributed by atoms with Crippen LogP contribution >= 0.6 is 11.6 Å². The van der Waals surface area contributed by atoms with Crippen molar-refractivity contribution < 1.29 is 9.18 Å². The molecule has 2 aliphatic heterocycles. The summed E-state index contributed by atoms with van der Waals surface area (Å²) >= 11 is 5.85. The van der Waals surface area contributed by atoms with Gasteiger partial charge in [-0.15, -0.1) is 0 Å². The topological polar surface area (TPSA) is 23.6 Å². The van der Waals surface area contributed by atoms with Gasteiger partial charge in [0.2, 0.25) is 5.91 Å². The Bertz CT molecular complexity index is 648. The molecule has 1 amide bonds. The van der Waals surface area contributed by atoms with Crippen LogP contribution in [0.1, 0.15) is 44.1 Å². The maximum Gasteiger partial charge on any atom is 0.222 e. The number of carbonyl (C=O) groups excluding carboxylic acids is 1. The molecule has 3 nitrogen and oxygen atoms in total. The van der Waals surface area contributed by atoms with Gasteiger partial charge in [0.1, 0.15) is 5.82 Å². The molecule has 0 bridgehead atoms. The predicted octanol–water partition coefficient (Wildman–Crippen LogP) is 3.85. The molecule has 1 saturated carbocycles. The van der Waals surface area contributed by atoms with Gasteiger partial charge >= 0.3 is 0 Å². The Hall–Kier alpha value is -1.13. The largest absolute Gasteiger partial charge is 0.339 e. The van der Waals surface area contributed by atoms with Crippen LogP contribution in [0.4, 0.5) is 4.39 Å². The normalized spacial score (nSPS) is 28.6. The summed E-state index contributed by atoms with van der Waals surface area (Å²) in [5, 5.41) is 0.442. The fourth-order valence-electron chi connectivity index (χ4n) is 4.43. The Kier molecular flexibility index (Phi) is 4.29. The smallest absolute Gasteiger partial charge is 0.222 e. The lowest BCUT2D eigenvalue weighted by Crippen LogP contribution is -2.54. The minimum atomic E-state index is -0.222. The highest BCUT2D eigenvalue weighted by molar-refractivity contribution is 6.30. The van der Waals surface area contributed by atoms with E-state index in [1.807, 2.05) is 0 Å². The zero-order valence-corrected chi connectivity index (χ0v) is 14.7. The molecule has 0 N–H and O–H groups in total. The van der Waals surface area contributed by atoms with Crippen molar-refractivity contribution in [3.05, 3.63) is 34.6 Å². The second kappa shape index (κ2) is 6.30. The molecule has 1 spiro atoms. The molecule has 3 fully saturated rings. The summed E-state index contributed by atoms with van der Waals surface area (Å²) in [5.41, 5.74) is 0.917. The second-order valence-corrected chi connectivity index (χ2v) is 8.24. The number of nitrogens with zero attached hydrogens (tertiary/aromatic N) is 2. The van der Waals surface area contributed by atoms with Crippen LogP contribution < -0.4 is 0 Å². The lowest BCUT2D eigenvalue weighted by Gasteiger charge is -2.48. The number of amides is 1. The lowest BCUT2D eigenvalue weighted by atomic mass is 9.73. The molecular formula is C19H24ClFN2O. The fourth-order valence-corrected chi connectivity index (χ4v) is 4.59. The van der Waals surface area contributed by atoms with E-state index >= 15 is 0 Å². The maximum absolute atomic E-state index is 14.1. The third-order valence-electron chi connectivity index (χ3n) is 5.83. The van der Waals surface area contributed by atoms with Crippen LogP contribution in [0.5, 0.6) is 0 Å². The monoisotopic (exact) mass is 350 g/mol. The van der Waals surface area contributed by atoms with Gasteiger partial charge < -0.3 is 4.90 Å². The van der Waals surface area contributed by atoms with Crippen LogP contribution in [0.2, 0.25) is 5.02 Å². The van der Waals surface area contributed by atoms with Gasteiger partial charge in [-0.25, -0.2) is 4.39 Å². The third kappa shape index (κ3) is 3.31. The van der Waals surface area contributed by atoms with E-state index in [0.29, 0.717) is 35.5 Å². The third-order valence-corrected chi connectivity index (χ3v) is 6.07. The van der Waals surface area contributed by atoms with Gasteiger partial charge in [0.15, 0.2) is 0 Å². The molecule has 4 rings (SSSR count). The van der Waals surface area contributed by atoms with Crippen molar-refractivity contribution in [1.29, 1.82) is 0 Å². The van der Waals surface area contributed by atoms with Crippen molar-refractivity contribution in [2.24, 2.45) is 5.41 Å². The van der Waals surface area contributed by atoms with E-state index in [4.69, 9.17) is 11.6 Å². The van der Waals surface area contributed by atoms with Crippen molar-refractivity contribution in [1.82, 2.24) is 9.80 Å². The van der Waals surface area contributed by atoms with Crippen LogP contribution in [0, 0.1) is 11.2 Å². The van der Waals surface area contributed by atoms with Crippen molar-refractivity contribution in [2.75, 3.05) is 19.6 Å². The Labute approximate surface area is 147 Å². The number of hydrogen-bond donors (Lipinski definition) is 0. The lowest BCUT2D eigenvalue weighted by molar-refractivity contribution is -0.140. The van der Waals surface area contributed by atoms with Gasteiger partial charge in [0.25, 0.3) is 0 Å². The van der Waals surface area contributed by atoms with E-state index in [0.717, 1.165) is 32.5 Å². The average Bonchev–Trinajstić information content (AvgIpc) is 3.38. The minimum absolute atomic E-state index is 0.206. The van der Waals surface area contributed by atoms with Crippen molar-refractivity contribution >= 4 is 17.5 Å². The first kappa shape index (κ1) is 16.3. The molecular weight excluding hydrogens is 327 g/mol. The van der Waals surface area contributed by atoms with E-state index in [1.54, 1.807) is 12.1 Å². The highest BCUT2D eigenvalue weighted by atomic mass is 35.5. The predicted molar refractivity (Wildman–Crippen MR) is 92.3 cm³/mol. The molecule has 1 atom stereocenters. The fraction of sp³-hybridized carbons (Fsp3) is 0.632. The van der Waals surface area contributed by atoms with E-state index in [2.05, 4.69) is 9.80 Å². The minimum Gasteiger partial charge on any atom is -0.339 e. The highest BCUT2D eigenvalue weighted by Crippen LogP contribution is 2.42. The van der Waals surface area contributed by atoms with Crippen LogP contribution in [0.25, 0.3) is 0 Å². The molecule has 24 heavy (non-hydrogen) atoms. The summed E-state index contributed by atoms with van der Waals surface area (Å²) in [5.74, 6) is 0.115. The Morgan fingerprint density at radius 3 is 2.83 bits per heavy atom. The average molecular weight is 351 g/mol. The van der Waals surface area contributed by atoms with Crippen LogP contribution in [-0.2, 0) is 11.3 Å². The zero-order valence-electron chi connectivity index (χ0n) is 13.9. The summed E-state index contributed by atoms with van der Waals surface area (Å²) in [4.78, 5) is 16.7. The molecule has 1 aromatic rings. The van der Waals surface area contributed by atoms with Crippen molar-refractivity contribution in [3.8, 4) is 0 Å². The van der Waals surface area contributed by atoms with Crippen LogP contribution in [-0.4, -0.2) is 41.4 Å². The Balaban J connectivity index is 1.46. The van der Waals surface area contributed by atoms with Gasteiger partial charge in [0, 0.05) is 48.1 Å². The van der Waals surface area contributed by atoms with Crippen molar-refractivity contribution in [3.63, 3.8) is 0 Å². The second-order valence-electron chi connectivity index (χ2n) is 7.80. The molecule has 0 unspecified atom stereocenters. The number of carbonyl (C=O) groups is 1. The summed E-state index contributed by atoms with van der Waals surface area (Å²) in [7, 11) is 0. The Morgan fingerprint density at radius 1 is 1.25 bits per heavy atom. The quantitative estimate of drug-likeness (QED) is 0.826. The maximum atomic E-state index is 14.1. The summed E-state index contributed by atoms with van der Waals surface area (Å²) in [6.07, 6.45) is 6.31. The first-order chi connectivity index (χ1) is 11.5. The SMILES string of the molecule is O=C1CC[C@@]2(CCCN(Cc3ccc(Cl)cc3F)C2)CN1C1CC1. The zero-order chi connectivity index (χ0) is 16.7. The Morgan fingerprint density at radius 2 is 2.08 bits per heavy atom. The van der Waals surface area contributed by atoms with Crippen LogP contribution in [0.15, 0.2) is 18.2 Å². The van der Waals surface area contributed by atoms with Gasteiger partial charge in [0.05, 0.1) is 0 Å². The summed E-state index contributed by atoms with van der Waals surface area (Å²) in [6.45, 7) is 3.49.